The number of hydrogen-bond acceptors (Lipinski definition) is 3. The molecule has 1 aromatic heterocycles. The molecule has 1 heterocycles. The number of amides is 1. The van der Waals surface area contributed by atoms with E-state index in [2.05, 4.69) is 32.9 Å². The topological polar surface area (TPSA) is 42.0 Å². The maximum absolute atomic E-state index is 11.8. The minimum atomic E-state index is -0.0574. The summed E-state index contributed by atoms with van der Waals surface area (Å²) in [7, 11) is 0. The van der Waals surface area contributed by atoms with Crippen molar-refractivity contribution in [2.45, 2.75) is 6.54 Å². The van der Waals surface area contributed by atoms with E-state index in [0.717, 1.165) is 9.26 Å². The first-order valence-electron chi connectivity index (χ1n) is 4.67. The van der Waals surface area contributed by atoms with Gasteiger partial charge in [0.2, 0.25) is 0 Å². The van der Waals surface area contributed by atoms with E-state index in [9.17, 15) is 4.79 Å². The molecule has 0 aliphatic heterocycles. The number of rotatable bonds is 3. The first-order valence-corrected chi connectivity index (χ1v) is 6.69. The highest BCUT2D eigenvalue weighted by atomic mass is 127. The number of nitrogens with zero attached hydrogens (tertiary/aromatic N) is 1. The van der Waals surface area contributed by atoms with Gasteiger partial charge < -0.3 is 5.32 Å². The van der Waals surface area contributed by atoms with Crippen LogP contribution in [0.3, 0.4) is 0 Å². The van der Waals surface area contributed by atoms with Crippen molar-refractivity contribution < 1.29 is 4.79 Å². The lowest BCUT2D eigenvalue weighted by Crippen LogP contribution is -2.23. The van der Waals surface area contributed by atoms with Crippen molar-refractivity contribution in [3.05, 3.63) is 50.0 Å². The number of hydrogen-bond donors (Lipinski definition) is 1. The van der Waals surface area contributed by atoms with Gasteiger partial charge in [-0.15, -0.1) is 11.3 Å². The molecule has 0 fully saturated rings. The van der Waals surface area contributed by atoms with Crippen LogP contribution in [0.1, 0.15) is 16.1 Å². The molecular formula is C11H9IN2OS. The Kier molecular flexibility index (Phi) is 3.89. The molecule has 0 radical (unpaired) electrons. The molecule has 0 saturated heterocycles. The van der Waals surface area contributed by atoms with Gasteiger partial charge in [-0.3, -0.25) is 4.79 Å². The molecule has 3 nitrogen and oxygen atoms in total. The highest BCUT2D eigenvalue weighted by Gasteiger charge is 2.08. The summed E-state index contributed by atoms with van der Waals surface area (Å²) in [6, 6.07) is 7.51. The molecule has 1 N–H and O–H groups in total. The molecule has 16 heavy (non-hydrogen) atoms. The molecule has 82 valence electrons. The molecule has 0 atom stereocenters. The molecule has 5 heteroatoms. The molecule has 0 aliphatic carbocycles. The highest BCUT2D eigenvalue weighted by Crippen LogP contribution is 2.11. The summed E-state index contributed by atoms with van der Waals surface area (Å²) < 4.78 is 0.955. The fourth-order valence-electron chi connectivity index (χ4n) is 1.24. The van der Waals surface area contributed by atoms with E-state index in [0.29, 0.717) is 12.1 Å². The zero-order chi connectivity index (χ0) is 11.4. The first-order chi connectivity index (χ1) is 7.77. The summed E-state index contributed by atoms with van der Waals surface area (Å²) in [6.45, 7) is 0.479. The monoisotopic (exact) mass is 344 g/mol. The SMILES string of the molecule is O=C(NCc1cscn1)c1ccccc1I. The summed E-state index contributed by atoms with van der Waals surface area (Å²) in [4.78, 5) is 15.9. The summed E-state index contributed by atoms with van der Waals surface area (Å²) in [5, 5.41) is 4.77. The number of carbonyl (C=O) groups is 1. The molecule has 0 bridgehead atoms. The van der Waals surface area contributed by atoms with Gasteiger partial charge in [0.05, 0.1) is 23.3 Å². The fourth-order valence-corrected chi connectivity index (χ4v) is 2.43. The number of carbonyl (C=O) groups excluding carboxylic acids is 1. The van der Waals surface area contributed by atoms with Gasteiger partial charge in [0.1, 0.15) is 0 Å². The van der Waals surface area contributed by atoms with Crippen LogP contribution in [0, 0.1) is 3.57 Å². The van der Waals surface area contributed by atoms with E-state index in [4.69, 9.17) is 0 Å². The van der Waals surface area contributed by atoms with Crippen LogP contribution in [0.25, 0.3) is 0 Å². The molecule has 1 aromatic carbocycles. The van der Waals surface area contributed by atoms with E-state index < -0.39 is 0 Å². The normalized spacial score (nSPS) is 10.1. The zero-order valence-corrected chi connectivity index (χ0v) is 11.3. The van der Waals surface area contributed by atoms with Crippen molar-refractivity contribution in [1.82, 2.24) is 10.3 Å². The second-order valence-electron chi connectivity index (χ2n) is 3.14. The molecule has 0 saturated carbocycles. The second kappa shape index (κ2) is 5.40. The maximum atomic E-state index is 11.8. The Bertz CT molecular complexity index is 484. The van der Waals surface area contributed by atoms with Gasteiger partial charge in [0.15, 0.2) is 0 Å². The first kappa shape index (κ1) is 11.5. The maximum Gasteiger partial charge on any atom is 0.252 e. The van der Waals surface area contributed by atoms with E-state index in [1.165, 1.54) is 11.3 Å². The van der Waals surface area contributed by atoms with Crippen LogP contribution in [0.15, 0.2) is 35.2 Å². The predicted octanol–water partition coefficient (Wildman–Crippen LogP) is 2.68. The summed E-state index contributed by atoms with van der Waals surface area (Å²) >= 11 is 3.68. The van der Waals surface area contributed by atoms with Gasteiger partial charge in [0, 0.05) is 8.95 Å². The average Bonchev–Trinajstić information content (AvgIpc) is 2.79. The van der Waals surface area contributed by atoms with Crippen molar-refractivity contribution in [3.63, 3.8) is 0 Å². The largest absolute Gasteiger partial charge is 0.346 e. The van der Waals surface area contributed by atoms with Crippen molar-refractivity contribution in [1.29, 1.82) is 0 Å². The molecule has 1 amide bonds. The summed E-state index contributed by atoms with van der Waals surface area (Å²) in [5.41, 5.74) is 3.36. The second-order valence-corrected chi connectivity index (χ2v) is 5.02. The number of benzene rings is 1. The van der Waals surface area contributed by atoms with Gasteiger partial charge in [-0.25, -0.2) is 4.98 Å². The third-order valence-corrected chi connectivity index (χ3v) is 3.61. The molecule has 2 aromatic rings. The third kappa shape index (κ3) is 2.79. The summed E-state index contributed by atoms with van der Waals surface area (Å²) in [6.07, 6.45) is 0. The zero-order valence-electron chi connectivity index (χ0n) is 8.31. The lowest BCUT2D eigenvalue weighted by molar-refractivity contribution is 0.0949. The smallest absolute Gasteiger partial charge is 0.252 e. The standard InChI is InChI=1S/C11H9IN2OS/c12-10-4-2-1-3-9(10)11(15)13-5-8-6-16-7-14-8/h1-4,6-7H,5H2,(H,13,15). The van der Waals surface area contributed by atoms with Crippen molar-refractivity contribution in [2.75, 3.05) is 0 Å². The van der Waals surface area contributed by atoms with Crippen LogP contribution in [-0.4, -0.2) is 10.9 Å². The highest BCUT2D eigenvalue weighted by molar-refractivity contribution is 14.1. The Hall–Kier alpha value is -0.950. The Labute approximate surface area is 111 Å². The Morgan fingerprint density at radius 1 is 1.44 bits per heavy atom. The lowest BCUT2D eigenvalue weighted by Gasteiger charge is -2.04. The Morgan fingerprint density at radius 3 is 2.94 bits per heavy atom. The number of thiazole rings is 1. The van der Waals surface area contributed by atoms with Gasteiger partial charge in [-0.1, -0.05) is 12.1 Å². The van der Waals surface area contributed by atoms with Crippen LogP contribution in [0.4, 0.5) is 0 Å². The third-order valence-electron chi connectivity index (χ3n) is 2.03. The van der Waals surface area contributed by atoms with Crippen molar-refractivity contribution in [3.8, 4) is 0 Å². The number of aromatic nitrogens is 1. The molecule has 2 rings (SSSR count). The van der Waals surface area contributed by atoms with E-state index in [-0.39, 0.29) is 5.91 Å². The molecular weight excluding hydrogens is 335 g/mol. The molecule has 0 spiro atoms. The Morgan fingerprint density at radius 2 is 2.25 bits per heavy atom. The van der Waals surface area contributed by atoms with Gasteiger partial charge in [-0.05, 0) is 34.7 Å². The van der Waals surface area contributed by atoms with E-state index in [1.807, 2.05) is 29.6 Å². The van der Waals surface area contributed by atoms with Crippen molar-refractivity contribution in [2.24, 2.45) is 0 Å². The Balaban J connectivity index is 2.01. The van der Waals surface area contributed by atoms with Crippen LogP contribution in [0.2, 0.25) is 0 Å². The van der Waals surface area contributed by atoms with Crippen LogP contribution >= 0.6 is 33.9 Å². The van der Waals surface area contributed by atoms with E-state index >= 15 is 0 Å². The number of halogens is 1. The molecule has 0 aliphatic rings. The minimum Gasteiger partial charge on any atom is -0.346 e. The number of nitrogens with one attached hydrogen (secondary N) is 1. The molecule has 0 unspecified atom stereocenters. The average molecular weight is 344 g/mol. The fraction of sp³-hybridized carbons (Fsp3) is 0.0909. The van der Waals surface area contributed by atoms with Crippen LogP contribution in [0.5, 0.6) is 0 Å². The summed E-state index contributed by atoms with van der Waals surface area (Å²) in [5.74, 6) is -0.0574. The quantitative estimate of drug-likeness (QED) is 0.870. The predicted molar refractivity (Wildman–Crippen MR) is 72.4 cm³/mol. The van der Waals surface area contributed by atoms with Crippen LogP contribution in [-0.2, 0) is 6.54 Å². The van der Waals surface area contributed by atoms with Gasteiger partial charge in [-0.2, -0.15) is 0 Å². The van der Waals surface area contributed by atoms with Crippen LogP contribution < -0.4 is 5.32 Å². The van der Waals surface area contributed by atoms with E-state index in [1.54, 1.807) is 5.51 Å². The minimum absolute atomic E-state index is 0.0574. The van der Waals surface area contributed by atoms with Gasteiger partial charge in [0.25, 0.3) is 5.91 Å². The van der Waals surface area contributed by atoms with Gasteiger partial charge >= 0.3 is 0 Å². The lowest BCUT2D eigenvalue weighted by atomic mass is 10.2. The van der Waals surface area contributed by atoms with Crippen molar-refractivity contribution >= 4 is 39.8 Å².